The standard InChI is InChI=1S/C25H28N2O3/c1-4-22(30-23-15-9-11-18-10-5-6-12-19(18)23)25(29)27-21-14-8-7-13-20(21)24(28)26-16-17(2)3/h5-15,17,22H,4,16H2,1-3H3,(H,26,28)(H,27,29)/t22-/m1/s1. The summed E-state index contributed by atoms with van der Waals surface area (Å²) < 4.78 is 6.08. The van der Waals surface area contributed by atoms with Gasteiger partial charge in [0.25, 0.3) is 11.8 Å². The molecule has 0 unspecified atom stereocenters. The summed E-state index contributed by atoms with van der Waals surface area (Å²) in [6.45, 7) is 6.54. The Morgan fingerprint density at radius 1 is 0.933 bits per heavy atom. The first-order valence-electron chi connectivity index (χ1n) is 10.3. The highest BCUT2D eigenvalue weighted by molar-refractivity contribution is 6.04. The number of carbonyl (C=O) groups is 2. The summed E-state index contributed by atoms with van der Waals surface area (Å²) >= 11 is 0. The van der Waals surface area contributed by atoms with Crippen LogP contribution in [0.5, 0.6) is 5.75 Å². The van der Waals surface area contributed by atoms with E-state index in [0.717, 1.165) is 10.8 Å². The van der Waals surface area contributed by atoms with Crippen molar-refractivity contribution >= 4 is 28.3 Å². The first-order chi connectivity index (χ1) is 14.5. The van der Waals surface area contributed by atoms with Crippen molar-refractivity contribution in [3.63, 3.8) is 0 Å². The zero-order chi connectivity index (χ0) is 21.5. The van der Waals surface area contributed by atoms with E-state index in [1.165, 1.54) is 0 Å². The number of anilines is 1. The number of rotatable bonds is 8. The van der Waals surface area contributed by atoms with Gasteiger partial charge in [0.2, 0.25) is 0 Å². The van der Waals surface area contributed by atoms with Crippen molar-refractivity contribution < 1.29 is 14.3 Å². The maximum Gasteiger partial charge on any atom is 0.265 e. The Morgan fingerprint density at radius 2 is 1.63 bits per heavy atom. The summed E-state index contributed by atoms with van der Waals surface area (Å²) in [5.74, 6) is 0.518. The predicted octanol–water partition coefficient (Wildman–Crippen LogP) is 5.02. The average Bonchev–Trinajstić information content (AvgIpc) is 2.76. The fraction of sp³-hybridized carbons (Fsp3) is 0.280. The minimum Gasteiger partial charge on any atom is -0.480 e. The van der Waals surface area contributed by atoms with Gasteiger partial charge in [-0.05, 0) is 35.9 Å². The van der Waals surface area contributed by atoms with Gasteiger partial charge < -0.3 is 15.4 Å². The highest BCUT2D eigenvalue weighted by atomic mass is 16.5. The van der Waals surface area contributed by atoms with Crippen molar-refractivity contribution in [3.8, 4) is 5.75 Å². The van der Waals surface area contributed by atoms with Gasteiger partial charge in [0.15, 0.2) is 6.10 Å². The van der Waals surface area contributed by atoms with Gasteiger partial charge in [-0.2, -0.15) is 0 Å². The molecule has 0 saturated heterocycles. The number of hydrogen-bond acceptors (Lipinski definition) is 3. The predicted molar refractivity (Wildman–Crippen MR) is 121 cm³/mol. The van der Waals surface area contributed by atoms with Crippen molar-refractivity contribution in [2.75, 3.05) is 11.9 Å². The van der Waals surface area contributed by atoms with E-state index in [2.05, 4.69) is 10.6 Å². The van der Waals surface area contributed by atoms with Crippen molar-refractivity contribution in [1.29, 1.82) is 0 Å². The van der Waals surface area contributed by atoms with E-state index in [0.29, 0.717) is 35.9 Å². The monoisotopic (exact) mass is 404 g/mol. The van der Waals surface area contributed by atoms with E-state index < -0.39 is 6.10 Å². The number of para-hydroxylation sites is 1. The van der Waals surface area contributed by atoms with E-state index in [1.54, 1.807) is 24.3 Å². The Balaban J connectivity index is 1.77. The second-order valence-corrected chi connectivity index (χ2v) is 7.63. The molecule has 0 aliphatic heterocycles. The summed E-state index contributed by atoms with van der Waals surface area (Å²) in [5, 5.41) is 7.78. The molecule has 3 aromatic rings. The molecular formula is C25H28N2O3. The van der Waals surface area contributed by atoms with Crippen LogP contribution >= 0.6 is 0 Å². The minimum atomic E-state index is -0.678. The first-order valence-corrected chi connectivity index (χ1v) is 10.3. The third-order valence-corrected chi connectivity index (χ3v) is 4.78. The fourth-order valence-corrected chi connectivity index (χ4v) is 3.17. The molecule has 3 aromatic carbocycles. The largest absolute Gasteiger partial charge is 0.480 e. The highest BCUT2D eigenvalue weighted by Crippen LogP contribution is 2.27. The van der Waals surface area contributed by atoms with Crippen LogP contribution in [-0.4, -0.2) is 24.5 Å². The maximum absolute atomic E-state index is 13.0. The van der Waals surface area contributed by atoms with Gasteiger partial charge in [0.1, 0.15) is 5.75 Å². The molecule has 0 aliphatic carbocycles. The maximum atomic E-state index is 13.0. The van der Waals surface area contributed by atoms with E-state index in [4.69, 9.17) is 4.74 Å². The summed E-state index contributed by atoms with van der Waals surface area (Å²) in [7, 11) is 0. The summed E-state index contributed by atoms with van der Waals surface area (Å²) in [6, 6.07) is 20.7. The molecular weight excluding hydrogens is 376 g/mol. The molecule has 156 valence electrons. The topological polar surface area (TPSA) is 67.4 Å². The van der Waals surface area contributed by atoms with E-state index in [1.807, 2.05) is 63.2 Å². The number of nitrogens with one attached hydrogen (secondary N) is 2. The van der Waals surface area contributed by atoms with Gasteiger partial charge in [0, 0.05) is 11.9 Å². The Kier molecular flexibility index (Phi) is 7.07. The lowest BCUT2D eigenvalue weighted by molar-refractivity contribution is -0.122. The molecule has 0 aromatic heterocycles. The SMILES string of the molecule is CC[C@@H](Oc1cccc2ccccc12)C(=O)Nc1ccccc1C(=O)NCC(C)C. The normalized spacial score (nSPS) is 11.9. The number of carbonyl (C=O) groups excluding carboxylic acids is 2. The Bertz CT molecular complexity index is 1020. The number of fused-ring (bicyclic) bond motifs is 1. The van der Waals surface area contributed by atoms with E-state index in [-0.39, 0.29) is 11.8 Å². The molecule has 0 aliphatic rings. The Morgan fingerprint density at radius 3 is 2.40 bits per heavy atom. The number of amides is 2. The lowest BCUT2D eigenvalue weighted by Gasteiger charge is -2.19. The van der Waals surface area contributed by atoms with Crippen molar-refractivity contribution in [2.24, 2.45) is 5.92 Å². The van der Waals surface area contributed by atoms with E-state index >= 15 is 0 Å². The van der Waals surface area contributed by atoms with Crippen LogP contribution < -0.4 is 15.4 Å². The number of benzene rings is 3. The van der Waals surface area contributed by atoms with Crippen molar-refractivity contribution in [1.82, 2.24) is 5.32 Å². The molecule has 0 heterocycles. The van der Waals surface area contributed by atoms with Crippen LogP contribution in [0.25, 0.3) is 10.8 Å². The smallest absolute Gasteiger partial charge is 0.265 e. The summed E-state index contributed by atoms with van der Waals surface area (Å²) in [6.07, 6.45) is -0.181. The van der Waals surface area contributed by atoms with Crippen LogP contribution in [0.1, 0.15) is 37.6 Å². The lowest BCUT2D eigenvalue weighted by Crippen LogP contribution is -2.34. The Hall–Kier alpha value is -3.34. The molecule has 0 saturated carbocycles. The molecule has 2 amide bonds. The first kappa shape index (κ1) is 21.4. The van der Waals surface area contributed by atoms with Crippen LogP contribution in [0.2, 0.25) is 0 Å². The van der Waals surface area contributed by atoms with Gasteiger partial charge in [-0.25, -0.2) is 0 Å². The zero-order valence-corrected chi connectivity index (χ0v) is 17.6. The molecule has 3 rings (SSSR count). The van der Waals surface area contributed by atoms with Crippen LogP contribution in [-0.2, 0) is 4.79 Å². The average molecular weight is 405 g/mol. The van der Waals surface area contributed by atoms with E-state index in [9.17, 15) is 9.59 Å². The lowest BCUT2D eigenvalue weighted by atomic mass is 10.1. The zero-order valence-electron chi connectivity index (χ0n) is 17.6. The second-order valence-electron chi connectivity index (χ2n) is 7.63. The highest BCUT2D eigenvalue weighted by Gasteiger charge is 2.21. The molecule has 0 spiro atoms. The summed E-state index contributed by atoms with van der Waals surface area (Å²) in [4.78, 5) is 25.5. The van der Waals surface area contributed by atoms with Gasteiger partial charge in [-0.3, -0.25) is 9.59 Å². The minimum absolute atomic E-state index is 0.206. The van der Waals surface area contributed by atoms with Crippen LogP contribution in [0, 0.1) is 5.92 Å². The van der Waals surface area contributed by atoms with Crippen LogP contribution in [0.4, 0.5) is 5.69 Å². The molecule has 1 atom stereocenters. The molecule has 0 bridgehead atoms. The fourth-order valence-electron chi connectivity index (χ4n) is 3.17. The molecule has 5 nitrogen and oxygen atoms in total. The quantitative estimate of drug-likeness (QED) is 0.554. The van der Waals surface area contributed by atoms with Crippen LogP contribution in [0.3, 0.4) is 0 Å². The second kappa shape index (κ2) is 9.92. The number of ether oxygens (including phenoxy) is 1. The molecule has 5 heteroatoms. The van der Waals surface area contributed by atoms with Gasteiger partial charge >= 0.3 is 0 Å². The third-order valence-electron chi connectivity index (χ3n) is 4.78. The molecule has 30 heavy (non-hydrogen) atoms. The third kappa shape index (κ3) is 5.17. The molecule has 0 radical (unpaired) electrons. The van der Waals surface area contributed by atoms with Crippen molar-refractivity contribution in [3.05, 3.63) is 72.3 Å². The van der Waals surface area contributed by atoms with Gasteiger partial charge in [0.05, 0.1) is 11.3 Å². The molecule has 2 N–H and O–H groups in total. The van der Waals surface area contributed by atoms with Crippen molar-refractivity contribution in [2.45, 2.75) is 33.3 Å². The molecule has 0 fully saturated rings. The Labute approximate surface area is 177 Å². The summed E-state index contributed by atoms with van der Waals surface area (Å²) in [5.41, 5.74) is 0.912. The van der Waals surface area contributed by atoms with Gasteiger partial charge in [-0.15, -0.1) is 0 Å². The van der Waals surface area contributed by atoms with Crippen LogP contribution in [0.15, 0.2) is 66.7 Å². The van der Waals surface area contributed by atoms with Gasteiger partial charge in [-0.1, -0.05) is 69.3 Å². The number of hydrogen-bond donors (Lipinski definition) is 2.